The smallest absolute Gasteiger partial charge is 0.381 e. The van der Waals surface area contributed by atoms with Crippen molar-refractivity contribution in [3.05, 3.63) is 58.0 Å². The molecule has 2 N–H and O–H groups in total. The van der Waals surface area contributed by atoms with Crippen LogP contribution >= 0.6 is 0 Å². The third kappa shape index (κ3) is 4.40. The van der Waals surface area contributed by atoms with Crippen LogP contribution in [0.15, 0.2) is 36.5 Å². The molecule has 9 heteroatoms. The van der Waals surface area contributed by atoms with E-state index in [9.17, 15) is 24.8 Å². The number of benzene rings is 1. The van der Waals surface area contributed by atoms with E-state index < -0.39 is 28.8 Å². The molecule has 0 aliphatic carbocycles. The molecule has 2 aromatic rings. The number of hydrogen-bond donors (Lipinski definition) is 2. The van der Waals surface area contributed by atoms with Crippen LogP contribution in [0.4, 0.5) is 5.82 Å². The standard InChI is InChI=1S/C16H18N4O5/c1-10(16(22)23)15(12-6-4-3-5-7-12)18-14(21)9-19-8-13(20(24)25)17-11(19)2/h3-8,10,15H,9H2,1-2H3,(H,18,21)(H,22,23). The van der Waals surface area contributed by atoms with Crippen LogP contribution in [0.1, 0.15) is 24.4 Å². The molecular weight excluding hydrogens is 328 g/mol. The molecule has 2 atom stereocenters. The van der Waals surface area contributed by atoms with Gasteiger partial charge in [-0.05, 0) is 22.4 Å². The van der Waals surface area contributed by atoms with Gasteiger partial charge in [-0.1, -0.05) is 30.3 Å². The quantitative estimate of drug-likeness (QED) is 0.580. The van der Waals surface area contributed by atoms with Gasteiger partial charge < -0.3 is 20.5 Å². The number of aromatic nitrogens is 2. The van der Waals surface area contributed by atoms with Crippen molar-refractivity contribution in [1.29, 1.82) is 0 Å². The lowest BCUT2D eigenvalue weighted by Crippen LogP contribution is -2.37. The van der Waals surface area contributed by atoms with Crippen LogP contribution < -0.4 is 5.32 Å². The van der Waals surface area contributed by atoms with Crippen molar-refractivity contribution < 1.29 is 19.6 Å². The molecule has 0 fully saturated rings. The Balaban J connectivity index is 2.17. The third-order valence-corrected chi connectivity index (χ3v) is 3.83. The second-order valence-electron chi connectivity index (χ2n) is 5.61. The lowest BCUT2D eigenvalue weighted by atomic mass is 9.94. The van der Waals surface area contributed by atoms with E-state index in [4.69, 9.17) is 0 Å². The molecule has 1 amide bonds. The number of aryl methyl sites for hydroxylation is 1. The van der Waals surface area contributed by atoms with Gasteiger partial charge in [0.1, 0.15) is 12.7 Å². The number of carboxylic acids is 1. The summed E-state index contributed by atoms with van der Waals surface area (Å²) in [6.45, 7) is 2.87. The molecule has 9 nitrogen and oxygen atoms in total. The largest absolute Gasteiger partial charge is 0.481 e. The first-order valence-corrected chi connectivity index (χ1v) is 7.55. The molecule has 2 rings (SSSR count). The topological polar surface area (TPSA) is 127 Å². The highest BCUT2D eigenvalue weighted by Crippen LogP contribution is 2.22. The Labute approximate surface area is 143 Å². The van der Waals surface area contributed by atoms with Gasteiger partial charge >= 0.3 is 11.8 Å². The minimum absolute atomic E-state index is 0.192. The summed E-state index contributed by atoms with van der Waals surface area (Å²) >= 11 is 0. The van der Waals surface area contributed by atoms with E-state index in [1.54, 1.807) is 37.3 Å². The van der Waals surface area contributed by atoms with Gasteiger partial charge in [-0.15, -0.1) is 0 Å². The second-order valence-corrected chi connectivity index (χ2v) is 5.61. The summed E-state index contributed by atoms with van der Waals surface area (Å²) in [6, 6.07) is 8.06. The fourth-order valence-corrected chi connectivity index (χ4v) is 2.41. The first-order valence-electron chi connectivity index (χ1n) is 7.55. The molecule has 1 aromatic carbocycles. The number of nitrogens with one attached hydrogen (secondary N) is 1. The van der Waals surface area contributed by atoms with Crippen LogP contribution in [0, 0.1) is 23.0 Å². The van der Waals surface area contributed by atoms with Crippen molar-refractivity contribution in [2.45, 2.75) is 26.4 Å². The zero-order valence-electron chi connectivity index (χ0n) is 13.7. The van der Waals surface area contributed by atoms with E-state index in [2.05, 4.69) is 10.3 Å². The van der Waals surface area contributed by atoms with E-state index in [0.29, 0.717) is 11.4 Å². The Bertz CT molecular complexity index is 787. The van der Waals surface area contributed by atoms with Gasteiger partial charge in [-0.2, -0.15) is 0 Å². The zero-order chi connectivity index (χ0) is 18.6. The van der Waals surface area contributed by atoms with E-state index >= 15 is 0 Å². The predicted octanol–water partition coefficient (Wildman–Crippen LogP) is 1.68. The lowest BCUT2D eigenvalue weighted by molar-refractivity contribution is -0.389. The maximum atomic E-state index is 12.3. The summed E-state index contributed by atoms with van der Waals surface area (Å²) in [5, 5.41) is 22.7. The number of carbonyl (C=O) groups is 2. The number of hydrogen-bond acceptors (Lipinski definition) is 5. The molecule has 1 heterocycles. The number of aliphatic carboxylic acids is 1. The van der Waals surface area contributed by atoms with Crippen molar-refractivity contribution in [3.63, 3.8) is 0 Å². The number of carboxylic acid groups (broad SMARTS) is 1. The highest BCUT2D eigenvalue weighted by Gasteiger charge is 2.27. The average molecular weight is 346 g/mol. The molecule has 2 unspecified atom stereocenters. The summed E-state index contributed by atoms with van der Waals surface area (Å²) in [4.78, 5) is 37.5. The SMILES string of the molecule is Cc1nc([N+](=O)[O-])cn1CC(=O)NC(c1ccccc1)C(C)C(=O)O. The second kappa shape index (κ2) is 7.56. The van der Waals surface area contributed by atoms with Crippen LogP contribution in [0.5, 0.6) is 0 Å². The fourth-order valence-electron chi connectivity index (χ4n) is 2.41. The van der Waals surface area contributed by atoms with Gasteiger partial charge in [0.25, 0.3) is 0 Å². The van der Waals surface area contributed by atoms with Gasteiger partial charge in [0.2, 0.25) is 11.7 Å². The van der Waals surface area contributed by atoms with Gasteiger partial charge in [-0.25, -0.2) is 0 Å². The van der Waals surface area contributed by atoms with Crippen molar-refractivity contribution in [2.75, 3.05) is 0 Å². The predicted molar refractivity (Wildman–Crippen MR) is 87.7 cm³/mol. The van der Waals surface area contributed by atoms with E-state index in [1.165, 1.54) is 17.7 Å². The highest BCUT2D eigenvalue weighted by atomic mass is 16.6. The molecule has 0 aliphatic rings. The normalized spacial score (nSPS) is 13.0. The highest BCUT2D eigenvalue weighted by molar-refractivity contribution is 5.78. The molecule has 1 aromatic heterocycles. The minimum Gasteiger partial charge on any atom is -0.481 e. The Morgan fingerprint density at radius 3 is 2.52 bits per heavy atom. The summed E-state index contributed by atoms with van der Waals surface area (Å²) in [7, 11) is 0. The number of carbonyl (C=O) groups excluding carboxylic acids is 1. The molecule has 0 spiro atoms. The van der Waals surface area contributed by atoms with Crippen molar-refractivity contribution in [3.8, 4) is 0 Å². The molecular formula is C16H18N4O5. The van der Waals surface area contributed by atoms with Crippen LogP contribution in [0.3, 0.4) is 0 Å². The molecule has 0 saturated carbocycles. The van der Waals surface area contributed by atoms with Crippen molar-refractivity contribution in [2.24, 2.45) is 5.92 Å². The van der Waals surface area contributed by atoms with Crippen molar-refractivity contribution >= 4 is 17.7 Å². The fraction of sp³-hybridized carbons (Fsp3) is 0.312. The van der Waals surface area contributed by atoms with Crippen LogP contribution in [-0.2, 0) is 16.1 Å². The molecule has 132 valence electrons. The molecule has 0 saturated heterocycles. The Kier molecular flexibility index (Phi) is 5.48. The van der Waals surface area contributed by atoms with Gasteiger partial charge in [-0.3, -0.25) is 14.2 Å². The maximum Gasteiger partial charge on any atom is 0.381 e. The Hall–Kier alpha value is -3.23. The van der Waals surface area contributed by atoms with Crippen LogP contribution in [-0.4, -0.2) is 31.5 Å². The number of nitrogens with zero attached hydrogens (tertiary/aromatic N) is 3. The summed E-state index contributed by atoms with van der Waals surface area (Å²) in [5.41, 5.74) is 0.666. The number of amides is 1. The maximum absolute atomic E-state index is 12.3. The number of imidazole rings is 1. The lowest BCUT2D eigenvalue weighted by Gasteiger charge is -2.23. The van der Waals surface area contributed by atoms with Gasteiger partial charge in [0.15, 0.2) is 0 Å². The summed E-state index contributed by atoms with van der Waals surface area (Å²) < 4.78 is 1.35. The zero-order valence-corrected chi connectivity index (χ0v) is 13.7. The third-order valence-electron chi connectivity index (χ3n) is 3.83. The van der Waals surface area contributed by atoms with Crippen LogP contribution in [0.25, 0.3) is 0 Å². The monoisotopic (exact) mass is 346 g/mol. The molecule has 25 heavy (non-hydrogen) atoms. The summed E-state index contributed by atoms with van der Waals surface area (Å²) in [5.74, 6) is -2.36. The van der Waals surface area contributed by atoms with Crippen molar-refractivity contribution in [1.82, 2.24) is 14.9 Å². The number of rotatable bonds is 7. The summed E-state index contributed by atoms with van der Waals surface area (Å²) in [6.07, 6.45) is 1.17. The van der Waals surface area contributed by atoms with Gasteiger partial charge in [0, 0.05) is 6.92 Å². The van der Waals surface area contributed by atoms with E-state index in [0.717, 1.165) is 0 Å². The first kappa shape index (κ1) is 18.1. The first-order chi connectivity index (χ1) is 11.8. The molecule has 0 bridgehead atoms. The van der Waals surface area contributed by atoms with E-state index in [-0.39, 0.29) is 12.4 Å². The number of nitro groups is 1. The average Bonchev–Trinajstić information content (AvgIpc) is 2.94. The van der Waals surface area contributed by atoms with Gasteiger partial charge in [0.05, 0.1) is 12.0 Å². The minimum atomic E-state index is -1.04. The molecule has 0 radical (unpaired) electrons. The Morgan fingerprint density at radius 2 is 2.00 bits per heavy atom. The van der Waals surface area contributed by atoms with Crippen LogP contribution in [0.2, 0.25) is 0 Å². The van der Waals surface area contributed by atoms with E-state index in [1.807, 2.05) is 0 Å². The Morgan fingerprint density at radius 1 is 1.36 bits per heavy atom. The molecule has 0 aliphatic heterocycles.